The highest BCUT2D eigenvalue weighted by molar-refractivity contribution is 9.10. The SMILES string of the molecule is Cn1ncc(C(=O)Nc2cc(Br)cc(C(F)(F)F)c2)c1N. The molecule has 0 atom stereocenters. The van der Waals surface area contributed by atoms with Gasteiger partial charge < -0.3 is 11.1 Å². The van der Waals surface area contributed by atoms with Gasteiger partial charge in [0.25, 0.3) is 5.91 Å². The average molecular weight is 363 g/mol. The summed E-state index contributed by atoms with van der Waals surface area (Å²) < 4.78 is 39.6. The molecular weight excluding hydrogens is 353 g/mol. The van der Waals surface area contributed by atoms with E-state index in [1.165, 1.54) is 16.9 Å². The number of benzene rings is 1. The summed E-state index contributed by atoms with van der Waals surface area (Å²) in [6.45, 7) is 0. The lowest BCUT2D eigenvalue weighted by atomic mass is 10.2. The first-order chi connectivity index (χ1) is 9.68. The van der Waals surface area contributed by atoms with Crippen LogP contribution >= 0.6 is 15.9 Å². The van der Waals surface area contributed by atoms with Gasteiger partial charge in [-0.2, -0.15) is 18.3 Å². The van der Waals surface area contributed by atoms with E-state index in [1.807, 2.05) is 0 Å². The van der Waals surface area contributed by atoms with E-state index >= 15 is 0 Å². The number of anilines is 2. The summed E-state index contributed by atoms with van der Waals surface area (Å²) in [6.07, 6.45) is -3.26. The summed E-state index contributed by atoms with van der Waals surface area (Å²) in [7, 11) is 1.55. The fourth-order valence-corrected chi connectivity index (χ4v) is 2.14. The molecule has 0 radical (unpaired) electrons. The van der Waals surface area contributed by atoms with Gasteiger partial charge >= 0.3 is 6.18 Å². The molecule has 112 valence electrons. The second kappa shape index (κ2) is 5.40. The van der Waals surface area contributed by atoms with E-state index in [4.69, 9.17) is 5.73 Å². The van der Waals surface area contributed by atoms with E-state index in [-0.39, 0.29) is 21.5 Å². The highest BCUT2D eigenvalue weighted by Crippen LogP contribution is 2.33. The van der Waals surface area contributed by atoms with Gasteiger partial charge in [0.2, 0.25) is 0 Å². The van der Waals surface area contributed by atoms with Gasteiger partial charge in [-0.3, -0.25) is 9.48 Å². The second-order valence-corrected chi connectivity index (χ2v) is 5.16. The Morgan fingerprint density at radius 2 is 2.05 bits per heavy atom. The predicted octanol–water partition coefficient (Wildman–Crippen LogP) is 3.04. The number of carbonyl (C=O) groups is 1. The number of nitrogens with one attached hydrogen (secondary N) is 1. The Labute approximate surface area is 126 Å². The number of rotatable bonds is 2. The molecule has 0 aliphatic rings. The molecule has 1 aromatic heterocycles. The van der Waals surface area contributed by atoms with Crippen LogP contribution in [0, 0.1) is 0 Å². The third-order valence-corrected chi connectivity index (χ3v) is 3.17. The van der Waals surface area contributed by atoms with E-state index in [1.54, 1.807) is 7.05 Å². The molecule has 1 aromatic carbocycles. The number of hydrogen-bond donors (Lipinski definition) is 2. The van der Waals surface area contributed by atoms with Crippen molar-refractivity contribution in [2.75, 3.05) is 11.1 Å². The maximum absolute atomic E-state index is 12.7. The van der Waals surface area contributed by atoms with Crippen molar-refractivity contribution in [3.63, 3.8) is 0 Å². The molecule has 3 N–H and O–H groups in total. The number of nitrogen functional groups attached to an aromatic ring is 1. The van der Waals surface area contributed by atoms with Crippen molar-refractivity contribution in [1.82, 2.24) is 9.78 Å². The maximum atomic E-state index is 12.7. The Balaban J connectivity index is 2.30. The molecule has 0 spiro atoms. The zero-order valence-electron chi connectivity index (χ0n) is 10.7. The van der Waals surface area contributed by atoms with Crippen LogP contribution in [0.1, 0.15) is 15.9 Å². The zero-order chi connectivity index (χ0) is 15.8. The minimum atomic E-state index is -4.50. The summed E-state index contributed by atoms with van der Waals surface area (Å²) in [4.78, 5) is 12.0. The van der Waals surface area contributed by atoms with Crippen LogP contribution in [0.25, 0.3) is 0 Å². The number of nitrogens with two attached hydrogens (primary N) is 1. The summed E-state index contributed by atoms with van der Waals surface area (Å²) in [6, 6.07) is 3.13. The largest absolute Gasteiger partial charge is 0.416 e. The van der Waals surface area contributed by atoms with Crippen molar-refractivity contribution in [3.8, 4) is 0 Å². The summed E-state index contributed by atoms with van der Waals surface area (Å²) >= 11 is 2.98. The van der Waals surface area contributed by atoms with E-state index in [2.05, 4.69) is 26.3 Å². The summed E-state index contributed by atoms with van der Waals surface area (Å²) in [5.74, 6) is -0.509. The van der Waals surface area contributed by atoms with Crippen LogP contribution in [0.2, 0.25) is 0 Å². The molecule has 1 heterocycles. The van der Waals surface area contributed by atoms with Crippen molar-refractivity contribution in [1.29, 1.82) is 0 Å². The summed E-state index contributed by atoms with van der Waals surface area (Å²) in [5, 5.41) is 6.16. The number of hydrogen-bond acceptors (Lipinski definition) is 3. The molecular formula is C12H10BrF3N4O. The normalized spacial score (nSPS) is 11.5. The minimum absolute atomic E-state index is 0.00459. The van der Waals surface area contributed by atoms with Gasteiger partial charge in [-0.1, -0.05) is 15.9 Å². The van der Waals surface area contributed by atoms with Gasteiger partial charge in [-0.15, -0.1) is 0 Å². The monoisotopic (exact) mass is 362 g/mol. The number of carbonyl (C=O) groups excluding carboxylic acids is 1. The minimum Gasteiger partial charge on any atom is -0.383 e. The van der Waals surface area contributed by atoms with Crippen LogP contribution in [0.15, 0.2) is 28.9 Å². The quantitative estimate of drug-likeness (QED) is 0.862. The first-order valence-electron chi connectivity index (χ1n) is 5.65. The van der Waals surface area contributed by atoms with Gasteiger partial charge in [-0.05, 0) is 18.2 Å². The lowest BCUT2D eigenvalue weighted by Crippen LogP contribution is -2.15. The molecule has 21 heavy (non-hydrogen) atoms. The molecule has 2 rings (SSSR count). The fraction of sp³-hybridized carbons (Fsp3) is 0.167. The Bertz CT molecular complexity index is 696. The predicted molar refractivity (Wildman–Crippen MR) is 74.7 cm³/mol. The molecule has 0 unspecified atom stereocenters. The number of nitrogens with zero attached hydrogens (tertiary/aromatic N) is 2. The first-order valence-corrected chi connectivity index (χ1v) is 6.44. The maximum Gasteiger partial charge on any atom is 0.416 e. The fourth-order valence-electron chi connectivity index (χ4n) is 1.65. The Hall–Kier alpha value is -2.03. The third-order valence-electron chi connectivity index (χ3n) is 2.71. The number of alkyl halides is 3. The van der Waals surface area contributed by atoms with Crippen molar-refractivity contribution in [2.45, 2.75) is 6.18 Å². The van der Waals surface area contributed by atoms with Crippen molar-refractivity contribution in [2.24, 2.45) is 7.05 Å². The molecule has 0 saturated heterocycles. The van der Waals surface area contributed by atoms with Gasteiger partial charge in [-0.25, -0.2) is 0 Å². The molecule has 2 aromatic rings. The van der Waals surface area contributed by atoms with E-state index in [0.717, 1.165) is 12.1 Å². The molecule has 0 saturated carbocycles. The van der Waals surface area contributed by atoms with Crippen molar-refractivity contribution in [3.05, 3.63) is 40.0 Å². The molecule has 0 bridgehead atoms. The highest BCUT2D eigenvalue weighted by atomic mass is 79.9. The molecule has 5 nitrogen and oxygen atoms in total. The number of aryl methyl sites for hydroxylation is 1. The number of halogens is 4. The third kappa shape index (κ3) is 3.35. The van der Waals surface area contributed by atoms with E-state index in [9.17, 15) is 18.0 Å². The van der Waals surface area contributed by atoms with Crippen LogP contribution in [0.4, 0.5) is 24.7 Å². The van der Waals surface area contributed by atoms with Crippen LogP contribution in [-0.4, -0.2) is 15.7 Å². The lowest BCUT2D eigenvalue weighted by Gasteiger charge is -2.11. The van der Waals surface area contributed by atoms with Crippen LogP contribution in [0.3, 0.4) is 0 Å². The van der Waals surface area contributed by atoms with Crippen LogP contribution < -0.4 is 11.1 Å². The molecule has 0 fully saturated rings. The molecule has 0 aliphatic heterocycles. The molecule has 1 amide bonds. The highest BCUT2D eigenvalue weighted by Gasteiger charge is 2.31. The van der Waals surface area contributed by atoms with Gasteiger partial charge in [0, 0.05) is 17.2 Å². The number of aromatic nitrogens is 2. The second-order valence-electron chi connectivity index (χ2n) is 4.25. The zero-order valence-corrected chi connectivity index (χ0v) is 12.3. The van der Waals surface area contributed by atoms with E-state index < -0.39 is 17.6 Å². The molecule has 9 heteroatoms. The van der Waals surface area contributed by atoms with Gasteiger partial charge in [0.1, 0.15) is 11.4 Å². The van der Waals surface area contributed by atoms with Crippen LogP contribution in [-0.2, 0) is 13.2 Å². The van der Waals surface area contributed by atoms with Crippen molar-refractivity contribution < 1.29 is 18.0 Å². The van der Waals surface area contributed by atoms with Crippen molar-refractivity contribution >= 4 is 33.3 Å². The Morgan fingerprint density at radius 1 is 1.38 bits per heavy atom. The Morgan fingerprint density at radius 3 is 2.57 bits per heavy atom. The summed E-state index contributed by atoms with van der Waals surface area (Å²) in [5.41, 5.74) is 4.86. The standard InChI is InChI=1S/C12H10BrF3N4O/c1-20-10(17)9(5-18-20)11(21)19-8-3-6(12(14,15)16)2-7(13)4-8/h2-5H,17H2,1H3,(H,19,21). The van der Waals surface area contributed by atoms with E-state index in [0.29, 0.717) is 0 Å². The lowest BCUT2D eigenvalue weighted by molar-refractivity contribution is -0.137. The average Bonchev–Trinajstić information content (AvgIpc) is 2.68. The van der Waals surface area contributed by atoms with Gasteiger partial charge in [0.05, 0.1) is 11.8 Å². The number of amides is 1. The smallest absolute Gasteiger partial charge is 0.383 e. The first kappa shape index (κ1) is 15.4. The topological polar surface area (TPSA) is 72.9 Å². The van der Waals surface area contributed by atoms with Crippen LogP contribution in [0.5, 0.6) is 0 Å². The van der Waals surface area contributed by atoms with Gasteiger partial charge in [0.15, 0.2) is 0 Å². The Kier molecular flexibility index (Phi) is 3.95. The molecule has 0 aliphatic carbocycles.